The van der Waals surface area contributed by atoms with Gasteiger partial charge in [-0.15, -0.1) is 11.3 Å². The van der Waals surface area contributed by atoms with E-state index in [-0.39, 0.29) is 24.0 Å². The molecule has 0 saturated heterocycles. The number of benzene rings is 2. The predicted octanol–water partition coefficient (Wildman–Crippen LogP) is 5.72. The first-order valence-corrected chi connectivity index (χ1v) is 9.32. The molecule has 0 unspecified atom stereocenters. The molecule has 1 aromatic heterocycles. The summed E-state index contributed by atoms with van der Waals surface area (Å²) >= 11 is 0.984. The zero-order valence-corrected chi connectivity index (χ0v) is 15.9. The van der Waals surface area contributed by atoms with Crippen LogP contribution in [0.1, 0.15) is 27.7 Å². The summed E-state index contributed by atoms with van der Waals surface area (Å²) < 4.78 is 62.0. The van der Waals surface area contributed by atoms with Crippen molar-refractivity contribution in [2.75, 3.05) is 6.61 Å². The van der Waals surface area contributed by atoms with Crippen LogP contribution in [0, 0.1) is 5.82 Å². The standard InChI is InChI=1S/C20H15F4NO3S/c1-2-27-19(26)16-17(25-18(29-16)13-4-3-5-15(21)10-13)28-11-12-6-8-14(9-7-12)20(22,23)24/h3-10H,2,11H2,1H3. The van der Waals surface area contributed by atoms with Crippen LogP contribution in [-0.4, -0.2) is 17.6 Å². The van der Waals surface area contributed by atoms with Gasteiger partial charge < -0.3 is 9.47 Å². The first-order chi connectivity index (χ1) is 13.8. The maximum absolute atomic E-state index is 13.5. The lowest BCUT2D eigenvalue weighted by Crippen LogP contribution is -2.07. The van der Waals surface area contributed by atoms with Crippen molar-refractivity contribution in [1.29, 1.82) is 0 Å². The summed E-state index contributed by atoms with van der Waals surface area (Å²) in [7, 11) is 0. The molecule has 9 heteroatoms. The van der Waals surface area contributed by atoms with E-state index < -0.39 is 23.5 Å². The van der Waals surface area contributed by atoms with Crippen LogP contribution in [0.15, 0.2) is 48.5 Å². The maximum Gasteiger partial charge on any atom is 0.416 e. The number of nitrogens with zero attached hydrogens (tertiary/aromatic N) is 1. The zero-order valence-electron chi connectivity index (χ0n) is 15.1. The van der Waals surface area contributed by atoms with E-state index >= 15 is 0 Å². The highest BCUT2D eigenvalue weighted by atomic mass is 32.1. The van der Waals surface area contributed by atoms with Gasteiger partial charge in [0.2, 0.25) is 5.88 Å². The van der Waals surface area contributed by atoms with Gasteiger partial charge in [0.05, 0.1) is 12.2 Å². The summed E-state index contributed by atoms with van der Waals surface area (Å²) in [5, 5.41) is 0.356. The van der Waals surface area contributed by atoms with E-state index in [0.29, 0.717) is 16.1 Å². The van der Waals surface area contributed by atoms with Crippen LogP contribution < -0.4 is 4.74 Å². The number of esters is 1. The molecule has 0 radical (unpaired) electrons. The van der Waals surface area contributed by atoms with Gasteiger partial charge in [0, 0.05) is 5.56 Å². The monoisotopic (exact) mass is 425 g/mol. The quantitative estimate of drug-likeness (QED) is 0.374. The molecule has 0 N–H and O–H groups in total. The van der Waals surface area contributed by atoms with Crippen molar-refractivity contribution in [3.8, 4) is 16.5 Å². The number of alkyl halides is 3. The Labute approximate surface area is 167 Å². The minimum atomic E-state index is -4.43. The number of aromatic nitrogens is 1. The topological polar surface area (TPSA) is 48.4 Å². The Bertz CT molecular complexity index is 1000. The minimum absolute atomic E-state index is 0.0207. The van der Waals surface area contributed by atoms with Crippen molar-refractivity contribution in [3.05, 3.63) is 70.4 Å². The molecule has 3 aromatic rings. The Morgan fingerprint density at radius 3 is 2.48 bits per heavy atom. The normalized spacial score (nSPS) is 11.3. The van der Waals surface area contributed by atoms with Gasteiger partial charge in [-0.05, 0) is 36.8 Å². The fraction of sp³-hybridized carbons (Fsp3) is 0.200. The maximum atomic E-state index is 13.5. The number of halogens is 4. The second-order valence-corrected chi connectivity index (χ2v) is 6.87. The molecule has 0 aliphatic carbocycles. The fourth-order valence-corrected chi connectivity index (χ4v) is 3.32. The fourth-order valence-electron chi connectivity index (χ4n) is 2.42. The highest BCUT2D eigenvalue weighted by Crippen LogP contribution is 2.34. The van der Waals surface area contributed by atoms with Gasteiger partial charge in [0.15, 0.2) is 4.88 Å². The van der Waals surface area contributed by atoms with Crippen molar-refractivity contribution >= 4 is 17.3 Å². The largest absolute Gasteiger partial charge is 0.472 e. The molecule has 3 rings (SSSR count). The van der Waals surface area contributed by atoms with Gasteiger partial charge in [0.25, 0.3) is 0 Å². The zero-order chi connectivity index (χ0) is 21.0. The van der Waals surface area contributed by atoms with Crippen LogP contribution in [0.25, 0.3) is 10.6 Å². The number of hydrogen-bond donors (Lipinski definition) is 0. The van der Waals surface area contributed by atoms with Crippen molar-refractivity contribution in [3.63, 3.8) is 0 Å². The third kappa shape index (κ3) is 5.11. The number of carbonyl (C=O) groups is 1. The van der Waals surface area contributed by atoms with Crippen molar-refractivity contribution in [2.24, 2.45) is 0 Å². The van der Waals surface area contributed by atoms with E-state index in [1.54, 1.807) is 13.0 Å². The molecular formula is C20H15F4NO3S. The number of ether oxygens (including phenoxy) is 2. The Morgan fingerprint density at radius 1 is 1.14 bits per heavy atom. The van der Waals surface area contributed by atoms with E-state index in [1.807, 2.05) is 0 Å². The van der Waals surface area contributed by atoms with Crippen LogP contribution in [-0.2, 0) is 17.5 Å². The smallest absolute Gasteiger partial charge is 0.416 e. The van der Waals surface area contributed by atoms with Crippen molar-refractivity contribution in [2.45, 2.75) is 19.7 Å². The van der Waals surface area contributed by atoms with Crippen LogP contribution in [0.5, 0.6) is 5.88 Å². The second-order valence-electron chi connectivity index (χ2n) is 5.87. The average molecular weight is 425 g/mol. The van der Waals surface area contributed by atoms with Gasteiger partial charge in [-0.25, -0.2) is 14.2 Å². The molecule has 0 atom stereocenters. The van der Waals surface area contributed by atoms with E-state index in [4.69, 9.17) is 9.47 Å². The van der Waals surface area contributed by atoms with Gasteiger partial charge >= 0.3 is 12.1 Å². The summed E-state index contributed by atoms with van der Waals surface area (Å²) in [5.41, 5.74) is 0.161. The number of hydrogen-bond acceptors (Lipinski definition) is 5. The second kappa shape index (κ2) is 8.60. The van der Waals surface area contributed by atoms with Crippen LogP contribution in [0.4, 0.5) is 17.6 Å². The SMILES string of the molecule is CCOC(=O)c1sc(-c2cccc(F)c2)nc1OCc1ccc(C(F)(F)F)cc1. The molecule has 0 aliphatic rings. The summed E-state index contributed by atoms with van der Waals surface area (Å²) in [5.74, 6) is -1.12. The first kappa shape index (κ1) is 20.8. The molecular weight excluding hydrogens is 410 g/mol. The third-order valence-corrected chi connectivity index (χ3v) is 4.85. The first-order valence-electron chi connectivity index (χ1n) is 8.50. The Balaban J connectivity index is 1.84. The van der Waals surface area contributed by atoms with Gasteiger partial charge in [0.1, 0.15) is 17.4 Å². The summed E-state index contributed by atoms with van der Waals surface area (Å²) in [4.78, 5) is 16.6. The molecule has 152 valence electrons. The molecule has 0 fully saturated rings. The van der Waals surface area contributed by atoms with Gasteiger partial charge in [-0.1, -0.05) is 24.3 Å². The van der Waals surface area contributed by atoms with E-state index in [9.17, 15) is 22.4 Å². The highest BCUT2D eigenvalue weighted by Gasteiger charge is 2.30. The number of thiazole rings is 1. The lowest BCUT2D eigenvalue weighted by molar-refractivity contribution is -0.137. The molecule has 29 heavy (non-hydrogen) atoms. The lowest BCUT2D eigenvalue weighted by Gasteiger charge is -2.08. The van der Waals surface area contributed by atoms with Gasteiger partial charge in [-0.3, -0.25) is 0 Å². The molecule has 2 aromatic carbocycles. The van der Waals surface area contributed by atoms with Crippen molar-refractivity contribution in [1.82, 2.24) is 4.98 Å². The Kier molecular flexibility index (Phi) is 6.17. The Hall–Kier alpha value is -2.94. The molecule has 0 amide bonds. The number of rotatable bonds is 6. The highest BCUT2D eigenvalue weighted by molar-refractivity contribution is 7.17. The molecule has 0 spiro atoms. The van der Waals surface area contributed by atoms with Crippen LogP contribution >= 0.6 is 11.3 Å². The molecule has 0 saturated carbocycles. The number of carbonyl (C=O) groups excluding carboxylic acids is 1. The Morgan fingerprint density at radius 2 is 1.86 bits per heavy atom. The third-order valence-electron chi connectivity index (χ3n) is 3.79. The van der Waals surface area contributed by atoms with E-state index in [2.05, 4.69) is 4.98 Å². The lowest BCUT2D eigenvalue weighted by atomic mass is 10.1. The van der Waals surface area contributed by atoms with Crippen LogP contribution in [0.2, 0.25) is 0 Å². The van der Waals surface area contributed by atoms with Gasteiger partial charge in [-0.2, -0.15) is 13.2 Å². The van der Waals surface area contributed by atoms with E-state index in [0.717, 1.165) is 23.5 Å². The van der Waals surface area contributed by atoms with Crippen molar-refractivity contribution < 1.29 is 31.8 Å². The summed E-state index contributed by atoms with van der Waals surface area (Å²) in [6, 6.07) is 10.2. The van der Waals surface area contributed by atoms with E-state index in [1.165, 1.54) is 30.3 Å². The average Bonchev–Trinajstić information content (AvgIpc) is 3.11. The van der Waals surface area contributed by atoms with Crippen LogP contribution in [0.3, 0.4) is 0 Å². The molecule has 1 heterocycles. The molecule has 0 aliphatic heterocycles. The predicted molar refractivity (Wildman–Crippen MR) is 99.2 cm³/mol. The molecule has 4 nitrogen and oxygen atoms in total. The summed E-state index contributed by atoms with van der Waals surface area (Å²) in [6.07, 6.45) is -4.43. The summed E-state index contributed by atoms with van der Waals surface area (Å²) in [6.45, 7) is 1.69. The molecule has 0 bridgehead atoms. The minimum Gasteiger partial charge on any atom is -0.472 e.